The fourth-order valence-electron chi connectivity index (χ4n) is 0.904. The van der Waals surface area contributed by atoms with Crippen LogP contribution in [0.15, 0.2) is 33.6 Å². The Morgan fingerprint density at radius 1 is 1.33 bits per heavy atom. The minimum atomic E-state index is -4.00. The van der Waals surface area contributed by atoms with E-state index in [2.05, 4.69) is 15.9 Å². The standard InChI is InChI=1S/C8H8BrNO4S/c9-5-1-3-6(4-2-5)15(13,14)7(10)8(11)12/h1-4,7H,10H2,(H,11,12). The number of nitrogens with two attached hydrogens (primary N) is 1. The van der Waals surface area contributed by atoms with E-state index >= 15 is 0 Å². The monoisotopic (exact) mass is 293 g/mol. The predicted molar refractivity (Wildman–Crippen MR) is 56.9 cm³/mol. The zero-order valence-electron chi connectivity index (χ0n) is 7.42. The normalized spacial score (nSPS) is 13.5. The molecule has 3 N–H and O–H groups in total. The van der Waals surface area contributed by atoms with Crippen LogP contribution < -0.4 is 5.73 Å². The van der Waals surface area contributed by atoms with E-state index in [-0.39, 0.29) is 4.90 Å². The molecule has 7 heteroatoms. The first kappa shape index (κ1) is 12.2. The van der Waals surface area contributed by atoms with Crippen molar-refractivity contribution in [1.82, 2.24) is 0 Å². The lowest BCUT2D eigenvalue weighted by Crippen LogP contribution is -2.38. The molecule has 0 aliphatic carbocycles. The molecule has 0 saturated heterocycles. The summed E-state index contributed by atoms with van der Waals surface area (Å²) in [6.45, 7) is 0. The second-order valence-electron chi connectivity index (χ2n) is 2.76. The molecule has 0 fully saturated rings. The van der Waals surface area contributed by atoms with Crippen molar-refractivity contribution in [2.24, 2.45) is 5.73 Å². The van der Waals surface area contributed by atoms with Gasteiger partial charge in [-0.05, 0) is 24.3 Å². The highest BCUT2D eigenvalue weighted by Crippen LogP contribution is 2.17. The molecular formula is C8H8BrNO4S. The molecular weight excluding hydrogens is 286 g/mol. The van der Waals surface area contributed by atoms with Crippen LogP contribution in [0.1, 0.15) is 0 Å². The maximum Gasteiger partial charge on any atom is 0.336 e. The van der Waals surface area contributed by atoms with E-state index in [1.54, 1.807) is 0 Å². The van der Waals surface area contributed by atoms with Gasteiger partial charge in [-0.1, -0.05) is 15.9 Å². The van der Waals surface area contributed by atoms with Crippen LogP contribution >= 0.6 is 15.9 Å². The number of hydrogen-bond donors (Lipinski definition) is 2. The lowest BCUT2D eigenvalue weighted by Gasteiger charge is -2.08. The van der Waals surface area contributed by atoms with Gasteiger partial charge in [-0.2, -0.15) is 0 Å². The first-order chi connectivity index (χ1) is 6.85. The molecule has 1 aromatic carbocycles. The summed E-state index contributed by atoms with van der Waals surface area (Å²) in [6.07, 6.45) is 0. The molecule has 82 valence electrons. The Morgan fingerprint density at radius 2 is 1.80 bits per heavy atom. The third kappa shape index (κ3) is 2.55. The van der Waals surface area contributed by atoms with Crippen molar-refractivity contribution in [3.05, 3.63) is 28.7 Å². The van der Waals surface area contributed by atoms with Gasteiger partial charge in [-0.25, -0.2) is 13.2 Å². The van der Waals surface area contributed by atoms with Gasteiger partial charge >= 0.3 is 5.97 Å². The molecule has 0 aliphatic heterocycles. The molecule has 0 saturated carbocycles. The molecule has 0 bridgehead atoms. The fraction of sp³-hybridized carbons (Fsp3) is 0.125. The van der Waals surface area contributed by atoms with Crippen LogP contribution in [-0.2, 0) is 14.6 Å². The number of aliphatic carboxylic acids is 1. The van der Waals surface area contributed by atoms with Crippen molar-refractivity contribution in [3.63, 3.8) is 0 Å². The van der Waals surface area contributed by atoms with Crippen LogP contribution in [0.2, 0.25) is 0 Å². The van der Waals surface area contributed by atoms with E-state index in [9.17, 15) is 13.2 Å². The number of benzene rings is 1. The van der Waals surface area contributed by atoms with Gasteiger partial charge in [0.1, 0.15) is 0 Å². The minimum absolute atomic E-state index is 0.111. The maximum atomic E-state index is 11.6. The largest absolute Gasteiger partial charge is 0.479 e. The first-order valence-corrected chi connectivity index (χ1v) is 6.17. The summed E-state index contributed by atoms with van der Waals surface area (Å²) in [7, 11) is -4.00. The van der Waals surface area contributed by atoms with Gasteiger partial charge in [0, 0.05) is 4.47 Å². The zero-order chi connectivity index (χ0) is 11.6. The average molecular weight is 294 g/mol. The molecule has 0 aromatic heterocycles. The highest BCUT2D eigenvalue weighted by molar-refractivity contribution is 9.10. The number of rotatable bonds is 3. The van der Waals surface area contributed by atoms with E-state index in [0.29, 0.717) is 4.47 Å². The minimum Gasteiger partial charge on any atom is -0.479 e. The molecule has 0 aliphatic rings. The van der Waals surface area contributed by atoms with Gasteiger partial charge in [0.05, 0.1) is 4.90 Å². The van der Waals surface area contributed by atoms with Crippen molar-refractivity contribution in [2.45, 2.75) is 10.3 Å². The molecule has 0 amide bonds. The zero-order valence-corrected chi connectivity index (χ0v) is 9.82. The van der Waals surface area contributed by atoms with Gasteiger partial charge in [-0.3, -0.25) is 0 Å². The summed E-state index contributed by atoms with van der Waals surface area (Å²) < 4.78 is 23.8. The highest BCUT2D eigenvalue weighted by atomic mass is 79.9. The summed E-state index contributed by atoms with van der Waals surface area (Å²) in [6, 6.07) is 5.59. The average Bonchev–Trinajstić information content (AvgIpc) is 2.17. The Hall–Kier alpha value is -0.920. The molecule has 5 nitrogen and oxygen atoms in total. The lowest BCUT2D eigenvalue weighted by atomic mass is 10.4. The SMILES string of the molecule is NC(C(=O)O)S(=O)(=O)c1ccc(Br)cc1. The smallest absolute Gasteiger partial charge is 0.336 e. The summed E-state index contributed by atoms with van der Waals surface area (Å²) in [5, 5.41) is 6.59. The number of carbonyl (C=O) groups is 1. The van der Waals surface area contributed by atoms with Crippen LogP contribution in [0.4, 0.5) is 0 Å². The molecule has 0 spiro atoms. The molecule has 15 heavy (non-hydrogen) atoms. The quantitative estimate of drug-likeness (QED) is 0.850. The molecule has 1 aromatic rings. The number of carboxylic acids is 1. The molecule has 0 heterocycles. The van der Waals surface area contributed by atoms with E-state index in [1.807, 2.05) is 0 Å². The number of sulfone groups is 1. The number of hydrogen-bond acceptors (Lipinski definition) is 4. The summed E-state index contributed by atoms with van der Waals surface area (Å²) in [4.78, 5) is 10.4. The number of carboxylic acid groups (broad SMARTS) is 1. The summed E-state index contributed by atoms with van der Waals surface area (Å²) in [5.41, 5.74) is 5.07. The molecule has 0 radical (unpaired) electrons. The van der Waals surface area contributed by atoms with Gasteiger partial charge in [-0.15, -0.1) is 0 Å². The number of halogens is 1. The Kier molecular flexibility index (Phi) is 3.48. The van der Waals surface area contributed by atoms with Crippen LogP contribution in [0.5, 0.6) is 0 Å². The van der Waals surface area contributed by atoms with Gasteiger partial charge < -0.3 is 10.8 Å². The van der Waals surface area contributed by atoms with Crippen LogP contribution in [0.3, 0.4) is 0 Å². The Bertz CT molecular complexity index is 468. The topological polar surface area (TPSA) is 97.5 Å². The van der Waals surface area contributed by atoms with Gasteiger partial charge in [0.15, 0.2) is 0 Å². The lowest BCUT2D eigenvalue weighted by molar-refractivity contribution is -0.136. The van der Waals surface area contributed by atoms with Crippen molar-refractivity contribution >= 4 is 31.7 Å². The van der Waals surface area contributed by atoms with Crippen molar-refractivity contribution < 1.29 is 18.3 Å². The third-order valence-corrected chi connectivity index (χ3v) is 4.05. The Morgan fingerprint density at radius 3 is 2.20 bits per heavy atom. The van der Waals surface area contributed by atoms with E-state index < -0.39 is 21.2 Å². The van der Waals surface area contributed by atoms with E-state index in [0.717, 1.165) is 0 Å². The predicted octanol–water partition coefficient (Wildman–Crippen LogP) is 0.592. The summed E-state index contributed by atoms with van der Waals surface area (Å²) >= 11 is 3.14. The van der Waals surface area contributed by atoms with Crippen LogP contribution in [0.25, 0.3) is 0 Å². The Balaban J connectivity index is 3.17. The summed E-state index contributed by atoms with van der Waals surface area (Å²) in [5.74, 6) is -1.57. The van der Waals surface area contributed by atoms with Gasteiger partial charge in [0.2, 0.25) is 15.2 Å². The molecule has 1 atom stereocenters. The van der Waals surface area contributed by atoms with Gasteiger partial charge in [0.25, 0.3) is 0 Å². The van der Waals surface area contributed by atoms with Crippen molar-refractivity contribution in [3.8, 4) is 0 Å². The second-order valence-corrected chi connectivity index (χ2v) is 5.74. The fourth-order valence-corrected chi connectivity index (χ4v) is 2.24. The van der Waals surface area contributed by atoms with Crippen molar-refractivity contribution in [1.29, 1.82) is 0 Å². The third-order valence-electron chi connectivity index (χ3n) is 1.72. The molecule has 1 unspecified atom stereocenters. The second kappa shape index (κ2) is 4.30. The van der Waals surface area contributed by atoms with Crippen LogP contribution in [0, 0.1) is 0 Å². The first-order valence-electron chi connectivity index (χ1n) is 3.83. The maximum absolute atomic E-state index is 11.6. The Labute approximate surface area is 94.9 Å². The van der Waals surface area contributed by atoms with Crippen molar-refractivity contribution in [2.75, 3.05) is 0 Å². The van der Waals surface area contributed by atoms with E-state index in [4.69, 9.17) is 10.8 Å². The molecule has 1 rings (SSSR count). The van der Waals surface area contributed by atoms with Crippen LogP contribution in [-0.4, -0.2) is 24.9 Å². The highest BCUT2D eigenvalue weighted by Gasteiger charge is 2.29. The van der Waals surface area contributed by atoms with E-state index in [1.165, 1.54) is 24.3 Å².